The van der Waals surface area contributed by atoms with Crippen molar-refractivity contribution >= 4 is 35.0 Å². The number of halogens is 2. The minimum atomic E-state index is -0.799. The molecular formula is C31H28Cl2N2O2. The fourth-order valence-electron chi connectivity index (χ4n) is 4.17. The van der Waals surface area contributed by atoms with Crippen molar-refractivity contribution in [3.05, 3.63) is 141 Å². The minimum Gasteiger partial charge on any atom is -0.354 e. The molecule has 0 aliphatic rings. The Kier molecular flexibility index (Phi) is 9.36. The van der Waals surface area contributed by atoms with Crippen LogP contribution in [0, 0.1) is 0 Å². The van der Waals surface area contributed by atoms with E-state index in [-0.39, 0.29) is 24.8 Å². The van der Waals surface area contributed by atoms with E-state index >= 15 is 0 Å². The number of hydrogen-bond acceptors (Lipinski definition) is 2. The lowest BCUT2D eigenvalue weighted by Gasteiger charge is -2.32. The Bertz CT molecular complexity index is 1290. The van der Waals surface area contributed by atoms with Gasteiger partial charge >= 0.3 is 0 Å². The van der Waals surface area contributed by atoms with Crippen molar-refractivity contribution in [1.82, 2.24) is 10.2 Å². The maximum absolute atomic E-state index is 13.8. The fraction of sp³-hybridized carbons (Fsp3) is 0.161. The molecule has 1 N–H and O–H groups in total. The van der Waals surface area contributed by atoms with Crippen molar-refractivity contribution in [3.63, 3.8) is 0 Å². The Morgan fingerprint density at radius 2 is 1.22 bits per heavy atom. The molecule has 4 aromatic rings. The van der Waals surface area contributed by atoms with Gasteiger partial charge in [-0.3, -0.25) is 9.59 Å². The first-order valence-electron chi connectivity index (χ1n) is 12.1. The molecule has 0 spiro atoms. The second kappa shape index (κ2) is 13.1. The number of nitrogens with one attached hydrogen (secondary N) is 1. The summed E-state index contributed by atoms with van der Waals surface area (Å²) in [5, 5.41) is 4.28. The third-order valence-corrected chi connectivity index (χ3v) is 6.59. The molecule has 2 amide bonds. The van der Waals surface area contributed by atoms with Gasteiger partial charge in [0.2, 0.25) is 11.8 Å². The fourth-order valence-corrected chi connectivity index (χ4v) is 4.42. The van der Waals surface area contributed by atoms with Crippen LogP contribution in [0.5, 0.6) is 0 Å². The standard InChI is InChI=1S/C31H28Cl2N2O2/c32-27-15-11-24(12-16-27)21-29(36)35(22-25-13-17-28(33)18-14-25)30(26-9-5-2-6-10-26)31(37)34-20-19-23-7-3-1-4-8-23/h1-18,30H,19-22H2,(H,34,37). The number of amides is 2. The van der Waals surface area contributed by atoms with Crippen molar-refractivity contribution in [2.45, 2.75) is 25.4 Å². The molecule has 0 aliphatic heterocycles. The van der Waals surface area contributed by atoms with Gasteiger partial charge in [0.05, 0.1) is 6.42 Å². The van der Waals surface area contributed by atoms with Gasteiger partial charge in [0, 0.05) is 23.1 Å². The lowest BCUT2D eigenvalue weighted by molar-refractivity contribution is -0.141. The zero-order valence-corrected chi connectivity index (χ0v) is 21.8. The highest BCUT2D eigenvalue weighted by atomic mass is 35.5. The smallest absolute Gasteiger partial charge is 0.247 e. The van der Waals surface area contributed by atoms with Gasteiger partial charge < -0.3 is 10.2 Å². The Hall–Kier alpha value is -3.60. The number of carbonyl (C=O) groups excluding carboxylic acids is 2. The third-order valence-electron chi connectivity index (χ3n) is 6.09. The highest BCUT2D eigenvalue weighted by Crippen LogP contribution is 2.26. The minimum absolute atomic E-state index is 0.144. The van der Waals surface area contributed by atoms with Crippen LogP contribution in [0.2, 0.25) is 10.0 Å². The van der Waals surface area contributed by atoms with Gasteiger partial charge in [-0.2, -0.15) is 0 Å². The van der Waals surface area contributed by atoms with Gasteiger partial charge in [0.25, 0.3) is 0 Å². The second-order valence-corrected chi connectivity index (χ2v) is 9.66. The highest BCUT2D eigenvalue weighted by Gasteiger charge is 2.31. The summed E-state index contributed by atoms with van der Waals surface area (Å²) in [6, 6.07) is 33.1. The molecule has 6 heteroatoms. The maximum atomic E-state index is 13.8. The Morgan fingerprint density at radius 1 is 0.676 bits per heavy atom. The summed E-state index contributed by atoms with van der Waals surface area (Å²) in [4.78, 5) is 29.1. The summed E-state index contributed by atoms with van der Waals surface area (Å²) >= 11 is 12.1. The molecule has 4 rings (SSSR count). The lowest BCUT2D eigenvalue weighted by atomic mass is 10.0. The van der Waals surface area contributed by atoms with E-state index < -0.39 is 6.04 Å². The molecule has 1 atom stereocenters. The zero-order chi connectivity index (χ0) is 26.0. The molecule has 0 aliphatic carbocycles. The molecule has 1 unspecified atom stereocenters. The summed E-state index contributed by atoms with van der Waals surface area (Å²) in [6.45, 7) is 0.724. The normalized spacial score (nSPS) is 11.5. The van der Waals surface area contributed by atoms with Crippen molar-refractivity contribution in [1.29, 1.82) is 0 Å². The van der Waals surface area contributed by atoms with Crippen LogP contribution in [0.4, 0.5) is 0 Å². The van der Waals surface area contributed by atoms with Gasteiger partial charge in [-0.05, 0) is 52.9 Å². The van der Waals surface area contributed by atoms with Crippen molar-refractivity contribution in [2.75, 3.05) is 6.54 Å². The second-order valence-electron chi connectivity index (χ2n) is 8.79. The first-order chi connectivity index (χ1) is 18.0. The summed E-state index contributed by atoms with van der Waals surface area (Å²) in [5.74, 6) is -0.384. The summed E-state index contributed by atoms with van der Waals surface area (Å²) in [7, 11) is 0. The molecule has 0 bridgehead atoms. The Morgan fingerprint density at radius 3 is 1.81 bits per heavy atom. The average Bonchev–Trinajstić information content (AvgIpc) is 2.92. The Balaban J connectivity index is 1.62. The maximum Gasteiger partial charge on any atom is 0.247 e. The van der Waals surface area contributed by atoms with Gasteiger partial charge in [-0.25, -0.2) is 0 Å². The largest absolute Gasteiger partial charge is 0.354 e. The Labute approximate surface area is 227 Å². The van der Waals surface area contributed by atoms with Crippen LogP contribution < -0.4 is 5.32 Å². The van der Waals surface area contributed by atoms with Crippen LogP contribution in [0.15, 0.2) is 109 Å². The van der Waals surface area contributed by atoms with Crippen molar-refractivity contribution in [3.8, 4) is 0 Å². The van der Waals surface area contributed by atoms with Crippen LogP contribution in [0.3, 0.4) is 0 Å². The average molecular weight is 531 g/mol. The van der Waals surface area contributed by atoms with E-state index in [1.54, 1.807) is 29.2 Å². The topological polar surface area (TPSA) is 49.4 Å². The summed E-state index contributed by atoms with van der Waals surface area (Å²) in [6.07, 6.45) is 0.843. The molecule has 0 saturated carbocycles. The molecule has 0 radical (unpaired) electrons. The molecule has 4 nitrogen and oxygen atoms in total. The van der Waals surface area contributed by atoms with E-state index in [4.69, 9.17) is 23.2 Å². The molecule has 0 heterocycles. The predicted octanol–water partition coefficient (Wildman–Crippen LogP) is 6.66. The van der Waals surface area contributed by atoms with Crippen LogP contribution in [0.25, 0.3) is 0 Å². The van der Waals surface area contributed by atoms with Crippen LogP contribution >= 0.6 is 23.2 Å². The van der Waals surface area contributed by atoms with Gasteiger partial charge in [-0.15, -0.1) is 0 Å². The quantitative estimate of drug-likeness (QED) is 0.249. The predicted molar refractivity (Wildman–Crippen MR) is 149 cm³/mol. The summed E-state index contributed by atoms with van der Waals surface area (Å²) in [5.41, 5.74) is 3.59. The molecule has 37 heavy (non-hydrogen) atoms. The number of hydrogen-bond donors (Lipinski definition) is 1. The van der Waals surface area contributed by atoms with Crippen molar-refractivity contribution in [2.24, 2.45) is 0 Å². The van der Waals surface area contributed by atoms with Gasteiger partial charge in [0.15, 0.2) is 0 Å². The van der Waals surface area contributed by atoms with E-state index in [0.717, 1.165) is 22.3 Å². The lowest BCUT2D eigenvalue weighted by Crippen LogP contribution is -2.44. The first-order valence-corrected chi connectivity index (χ1v) is 12.9. The molecular weight excluding hydrogens is 503 g/mol. The third kappa shape index (κ3) is 7.69. The SMILES string of the molecule is O=C(NCCc1ccccc1)C(c1ccccc1)N(Cc1ccc(Cl)cc1)C(=O)Cc1ccc(Cl)cc1. The number of carbonyl (C=O) groups is 2. The van der Waals surface area contributed by atoms with E-state index in [1.165, 1.54) is 0 Å². The van der Waals surface area contributed by atoms with Gasteiger partial charge in [-0.1, -0.05) is 108 Å². The number of benzene rings is 4. The highest BCUT2D eigenvalue weighted by molar-refractivity contribution is 6.30. The van der Waals surface area contributed by atoms with Crippen LogP contribution in [0.1, 0.15) is 28.3 Å². The van der Waals surface area contributed by atoms with E-state index in [1.807, 2.05) is 84.9 Å². The molecule has 0 aromatic heterocycles. The van der Waals surface area contributed by atoms with Crippen LogP contribution in [-0.4, -0.2) is 23.3 Å². The molecule has 4 aromatic carbocycles. The van der Waals surface area contributed by atoms with E-state index in [2.05, 4.69) is 5.32 Å². The van der Waals surface area contributed by atoms with E-state index in [0.29, 0.717) is 23.0 Å². The monoisotopic (exact) mass is 530 g/mol. The number of rotatable bonds is 10. The molecule has 188 valence electrons. The van der Waals surface area contributed by atoms with Crippen molar-refractivity contribution < 1.29 is 9.59 Å². The molecule has 0 saturated heterocycles. The summed E-state index contributed by atoms with van der Waals surface area (Å²) < 4.78 is 0. The number of nitrogens with zero attached hydrogens (tertiary/aromatic N) is 1. The van der Waals surface area contributed by atoms with Gasteiger partial charge in [0.1, 0.15) is 6.04 Å². The van der Waals surface area contributed by atoms with Crippen LogP contribution in [-0.2, 0) is 29.0 Å². The zero-order valence-electron chi connectivity index (χ0n) is 20.3. The first kappa shape index (κ1) is 26.5. The molecule has 0 fully saturated rings. The van der Waals surface area contributed by atoms with E-state index in [9.17, 15) is 9.59 Å².